The summed E-state index contributed by atoms with van der Waals surface area (Å²) in [5.74, 6) is 0.161. The maximum atomic E-state index is 13.9. The number of pyridine rings is 1. The van der Waals surface area contributed by atoms with Crippen LogP contribution in [0.2, 0.25) is 0 Å². The standard InChI is InChI=1S/C22H16FNO2/c23-17-9-10-22(26-15-16-6-2-1-3-7-16)20(12-17)19-13-18-8-4-5-11-24(18)21(19)14-25/h1-14H,15H2. The van der Waals surface area contributed by atoms with E-state index in [1.165, 1.54) is 12.1 Å². The van der Waals surface area contributed by atoms with Crippen molar-refractivity contribution in [1.82, 2.24) is 4.40 Å². The van der Waals surface area contributed by atoms with Gasteiger partial charge in [-0.1, -0.05) is 36.4 Å². The van der Waals surface area contributed by atoms with Gasteiger partial charge in [0, 0.05) is 22.8 Å². The van der Waals surface area contributed by atoms with Gasteiger partial charge in [0.25, 0.3) is 0 Å². The molecule has 0 bridgehead atoms. The van der Waals surface area contributed by atoms with E-state index in [1.807, 2.05) is 60.8 Å². The van der Waals surface area contributed by atoms with E-state index >= 15 is 0 Å². The first-order chi connectivity index (χ1) is 12.8. The lowest BCUT2D eigenvalue weighted by atomic mass is 10.0. The molecule has 4 aromatic rings. The van der Waals surface area contributed by atoms with Gasteiger partial charge >= 0.3 is 0 Å². The molecule has 26 heavy (non-hydrogen) atoms. The number of ether oxygens (including phenoxy) is 1. The topological polar surface area (TPSA) is 30.7 Å². The first-order valence-electron chi connectivity index (χ1n) is 8.28. The molecule has 0 aliphatic heterocycles. The summed E-state index contributed by atoms with van der Waals surface area (Å²) in [4.78, 5) is 11.7. The number of benzene rings is 2. The van der Waals surface area contributed by atoms with Crippen molar-refractivity contribution in [3.63, 3.8) is 0 Å². The van der Waals surface area contributed by atoms with Crippen LogP contribution in [-0.4, -0.2) is 10.7 Å². The predicted molar refractivity (Wildman–Crippen MR) is 99.0 cm³/mol. The second kappa shape index (κ2) is 6.84. The van der Waals surface area contributed by atoms with E-state index < -0.39 is 0 Å². The molecule has 0 amide bonds. The number of hydrogen-bond donors (Lipinski definition) is 0. The van der Waals surface area contributed by atoms with Crippen molar-refractivity contribution >= 4 is 11.8 Å². The minimum Gasteiger partial charge on any atom is -0.488 e. The summed E-state index contributed by atoms with van der Waals surface area (Å²) in [5, 5.41) is 0. The van der Waals surface area contributed by atoms with E-state index in [-0.39, 0.29) is 5.82 Å². The number of nitrogens with zero attached hydrogens (tertiary/aromatic N) is 1. The largest absolute Gasteiger partial charge is 0.488 e. The van der Waals surface area contributed by atoms with Crippen LogP contribution < -0.4 is 4.74 Å². The average Bonchev–Trinajstić information content (AvgIpc) is 3.06. The van der Waals surface area contributed by atoms with E-state index in [4.69, 9.17) is 4.74 Å². The SMILES string of the molecule is O=Cc1c(-c2cc(F)ccc2OCc2ccccc2)cc2ccccn12. The Kier molecular flexibility index (Phi) is 4.23. The Morgan fingerprint density at radius 1 is 0.923 bits per heavy atom. The molecule has 4 rings (SSSR count). The highest BCUT2D eigenvalue weighted by Crippen LogP contribution is 2.35. The summed E-state index contributed by atoms with van der Waals surface area (Å²) < 4.78 is 21.7. The maximum absolute atomic E-state index is 13.9. The fraction of sp³-hybridized carbons (Fsp3) is 0.0455. The van der Waals surface area contributed by atoms with Crippen molar-refractivity contribution in [2.24, 2.45) is 0 Å². The van der Waals surface area contributed by atoms with Gasteiger partial charge in [-0.2, -0.15) is 0 Å². The van der Waals surface area contributed by atoms with Crippen LogP contribution in [0.15, 0.2) is 79.0 Å². The van der Waals surface area contributed by atoms with Crippen LogP contribution in [0.4, 0.5) is 4.39 Å². The summed E-state index contributed by atoms with van der Waals surface area (Å²) in [6, 6.07) is 21.6. The molecule has 0 atom stereocenters. The molecule has 2 heterocycles. The van der Waals surface area contributed by atoms with Crippen LogP contribution in [0.1, 0.15) is 16.1 Å². The van der Waals surface area contributed by atoms with Gasteiger partial charge in [0.05, 0.1) is 5.69 Å². The fourth-order valence-electron chi connectivity index (χ4n) is 3.05. The number of fused-ring (bicyclic) bond motifs is 1. The molecule has 0 N–H and O–H groups in total. The third-order valence-corrected chi connectivity index (χ3v) is 4.30. The Morgan fingerprint density at radius 3 is 2.54 bits per heavy atom. The summed E-state index contributed by atoms with van der Waals surface area (Å²) in [5.41, 5.74) is 3.56. The number of rotatable bonds is 5. The third-order valence-electron chi connectivity index (χ3n) is 4.30. The maximum Gasteiger partial charge on any atom is 0.167 e. The summed E-state index contributed by atoms with van der Waals surface area (Å²) in [6.07, 6.45) is 2.60. The van der Waals surface area contributed by atoms with E-state index in [1.54, 1.807) is 10.5 Å². The minimum atomic E-state index is -0.376. The van der Waals surface area contributed by atoms with Gasteiger partial charge in [0.15, 0.2) is 6.29 Å². The van der Waals surface area contributed by atoms with Crippen LogP contribution in [0.5, 0.6) is 5.75 Å². The molecule has 128 valence electrons. The Hall–Kier alpha value is -3.40. The van der Waals surface area contributed by atoms with Crippen molar-refractivity contribution in [3.8, 4) is 16.9 Å². The van der Waals surface area contributed by atoms with Gasteiger partial charge in [-0.05, 0) is 42.0 Å². The van der Waals surface area contributed by atoms with Crippen molar-refractivity contribution in [3.05, 3.63) is 96.1 Å². The third kappa shape index (κ3) is 2.97. The lowest BCUT2D eigenvalue weighted by Gasteiger charge is -2.12. The molecule has 0 fully saturated rings. The van der Waals surface area contributed by atoms with Gasteiger partial charge in [0.2, 0.25) is 0 Å². The molecule has 0 spiro atoms. The van der Waals surface area contributed by atoms with E-state index in [0.29, 0.717) is 29.2 Å². The molecule has 4 heteroatoms. The molecule has 2 aromatic heterocycles. The second-order valence-corrected chi connectivity index (χ2v) is 5.97. The highest BCUT2D eigenvalue weighted by Gasteiger charge is 2.16. The van der Waals surface area contributed by atoms with Gasteiger partial charge in [-0.25, -0.2) is 4.39 Å². The molecule has 0 saturated heterocycles. The van der Waals surface area contributed by atoms with Gasteiger partial charge < -0.3 is 9.14 Å². The lowest BCUT2D eigenvalue weighted by molar-refractivity contribution is 0.111. The van der Waals surface area contributed by atoms with Crippen molar-refractivity contribution in [2.45, 2.75) is 6.61 Å². The van der Waals surface area contributed by atoms with E-state index in [2.05, 4.69) is 0 Å². The Labute approximate surface area is 150 Å². The van der Waals surface area contributed by atoms with Crippen LogP contribution >= 0.6 is 0 Å². The second-order valence-electron chi connectivity index (χ2n) is 5.97. The number of aromatic nitrogens is 1. The lowest BCUT2D eigenvalue weighted by Crippen LogP contribution is -1.98. The van der Waals surface area contributed by atoms with Gasteiger partial charge in [-0.15, -0.1) is 0 Å². The molecule has 0 radical (unpaired) electrons. The molecule has 0 unspecified atom stereocenters. The molecular formula is C22H16FNO2. The number of halogens is 1. The van der Waals surface area contributed by atoms with Gasteiger partial charge in [-0.3, -0.25) is 4.79 Å². The van der Waals surface area contributed by atoms with Crippen LogP contribution in [0.3, 0.4) is 0 Å². The zero-order valence-corrected chi connectivity index (χ0v) is 13.9. The van der Waals surface area contributed by atoms with E-state index in [9.17, 15) is 9.18 Å². The first kappa shape index (κ1) is 16.1. The number of carbonyl (C=O) groups is 1. The number of carbonyl (C=O) groups excluding carboxylic acids is 1. The monoisotopic (exact) mass is 345 g/mol. The highest BCUT2D eigenvalue weighted by molar-refractivity contribution is 5.91. The number of aldehydes is 1. The van der Waals surface area contributed by atoms with Crippen LogP contribution in [0, 0.1) is 5.82 Å². The quantitative estimate of drug-likeness (QED) is 0.469. The fourth-order valence-corrected chi connectivity index (χ4v) is 3.05. The van der Waals surface area contributed by atoms with Crippen molar-refractivity contribution < 1.29 is 13.9 Å². The Balaban J connectivity index is 1.79. The Morgan fingerprint density at radius 2 is 1.73 bits per heavy atom. The molecule has 3 nitrogen and oxygen atoms in total. The summed E-state index contributed by atoms with van der Waals surface area (Å²) in [7, 11) is 0. The normalized spacial score (nSPS) is 10.8. The molecule has 0 saturated carbocycles. The molecule has 0 aliphatic rings. The van der Waals surface area contributed by atoms with E-state index in [0.717, 1.165) is 17.4 Å². The molecule has 2 aromatic carbocycles. The first-order valence-corrected chi connectivity index (χ1v) is 8.28. The zero-order chi connectivity index (χ0) is 17.9. The highest BCUT2D eigenvalue weighted by atomic mass is 19.1. The van der Waals surface area contributed by atoms with Crippen molar-refractivity contribution in [1.29, 1.82) is 0 Å². The molecular weight excluding hydrogens is 329 g/mol. The summed E-state index contributed by atoms with van der Waals surface area (Å²) in [6.45, 7) is 0.364. The summed E-state index contributed by atoms with van der Waals surface area (Å²) >= 11 is 0. The van der Waals surface area contributed by atoms with Gasteiger partial charge in [0.1, 0.15) is 18.2 Å². The van der Waals surface area contributed by atoms with Crippen molar-refractivity contribution in [2.75, 3.05) is 0 Å². The average molecular weight is 345 g/mol. The minimum absolute atomic E-state index is 0.364. The Bertz CT molecular complexity index is 1070. The zero-order valence-electron chi connectivity index (χ0n) is 13.9. The number of hydrogen-bond acceptors (Lipinski definition) is 2. The van der Waals surface area contributed by atoms with Crippen LogP contribution in [-0.2, 0) is 6.61 Å². The predicted octanol–water partition coefficient (Wildman–Crippen LogP) is 5.14. The van der Waals surface area contributed by atoms with Crippen LogP contribution in [0.25, 0.3) is 16.6 Å². The molecule has 0 aliphatic carbocycles. The smallest absolute Gasteiger partial charge is 0.167 e.